The highest BCUT2D eigenvalue weighted by Gasteiger charge is 2.26. The molecule has 0 aliphatic heterocycles. The first-order valence-electron chi connectivity index (χ1n) is 8.81. The van der Waals surface area contributed by atoms with Crippen molar-refractivity contribution < 1.29 is 17.9 Å². The zero-order valence-electron chi connectivity index (χ0n) is 16.1. The molecule has 0 radical (unpaired) electrons. The molecule has 3 aromatic rings. The number of methoxy groups -OCH3 is 2. The van der Waals surface area contributed by atoms with E-state index in [-0.39, 0.29) is 6.54 Å². The van der Waals surface area contributed by atoms with Gasteiger partial charge in [0.1, 0.15) is 11.5 Å². The summed E-state index contributed by atoms with van der Waals surface area (Å²) < 4.78 is 38.8. The molecule has 0 N–H and O–H groups in total. The van der Waals surface area contributed by atoms with Crippen molar-refractivity contribution in [3.63, 3.8) is 0 Å². The topological polar surface area (TPSA) is 55.8 Å². The molecule has 3 rings (SSSR count). The van der Waals surface area contributed by atoms with Crippen molar-refractivity contribution >= 4 is 15.7 Å². The van der Waals surface area contributed by atoms with Crippen LogP contribution in [0.5, 0.6) is 11.5 Å². The van der Waals surface area contributed by atoms with Crippen molar-refractivity contribution in [1.29, 1.82) is 0 Å². The van der Waals surface area contributed by atoms with E-state index in [0.717, 1.165) is 11.3 Å². The average molecular weight is 397 g/mol. The Labute approximate surface area is 166 Å². The van der Waals surface area contributed by atoms with Crippen molar-refractivity contribution in [2.45, 2.75) is 18.4 Å². The summed E-state index contributed by atoms with van der Waals surface area (Å²) in [7, 11) is -0.581. The summed E-state index contributed by atoms with van der Waals surface area (Å²) in [6, 6.07) is 21.4. The SMILES string of the molecule is COc1ccc(CN(c2ccc(OC)cc2)S(=O)(=O)c2ccccc2C)cc1. The van der Waals surface area contributed by atoms with Gasteiger partial charge in [-0.25, -0.2) is 8.42 Å². The molecule has 3 aromatic carbocycles. The molecule has 0 aliphatic carbocycles. The lowest BCUT2D eigenvalue weighted by molar-refractivity contribution is 0.414. The molecule has 5 nitrogen and oxygen atoms in total. The Morgan fingerprint density at radius 1 is 0.786 bits per heavy atom. The molecule has 0 amide bonds. The van der Waals surface area contributed by atoms with Crippen molar-refractivity contribution in [2.24, 2.45) is 0 Å². The van der Waals surface area contributed by atoms with Crippen molar-refractivity contribution in [1.82, 2.24) is 0 Å². The molecule has 0 atom stereocenters. The van der Waals surface area contributed by atoms with Crippen LogP contribution in [0.15, 0.2) is 77.7 Å². The van der Waals surface area contributed by atoms with Crippen LogP contribution in [-0.4, -0.2) is 22.6 Å². The number of hydrogen-bond donors (Lipinski definition) is 0. The van der Waals surface area contributed by atoms with Crippen molar-refractivity contribution in [2.75, 3.05) is 18.5 Å². The van der Waals surface area contributed by atoms with Crippen LogP contribution in [0.4, 0.5) is 5.69 Å². The van der Waals surface area contributed by atoms with E-state index in [0.29, 0.717) is 21.9 Å². The first-order valence-corrected chi connectivity index (χ1v) is 10.2. The van der Waals surface area contributed by atoms with E-state index < -0.39 is 10.0 Å². The Kier molecular flexibility index (Phi) is 5.90. The van der Waals surface area contributed by atoms with Gasteiger partial charge in [-0.3, -0.25) is 4.31 Å². The Balaban J connectivity index is 2.06. The fourth-order valence-corrected chi connectivity index (χ4v) is 4.61. The number of sulfonamides is 1. The summed E-state index contributed by atoms with van der Waals surface area (Å²) in [6.45, 7) is 2.00. The lowest BCUT2D eigenvalue weighted by Gasteiger charge is -2.25. The van der Waals surface area contributed by atoms with Crippen LogP contribution in [0.2, 0.25) is 0 Å². The third-order valence-corrected chi connectivity index (χ3v) is 6.44. The van der Waals surface area contributed by atoms with Gasteiger partial charge in [0.05, 0.1) is 31.3 Å². The molecular formula is C22H23NO4S. The lowest BCUT2D eigenvalue weighted by atomic mass is 10.2. The molecule has 0 spiro atoms. The summed E-state index contributed by atoms with van der Waals surface area (Å²) in [5, 5.41) is 0. The fraction of sp³-hybridized carbons (Fsp3) is 0.182. The van der Waals surface area contributed by atoms with Gasteiger partial charge in [-0.15, -0.1) is 0 Å². The molecular weight excluding hydrogens is 374 g/mol. The van der Waals surface area contributed by atoms with Gasteiger partial charge < -0.3 is 9.47 Å². The Hall–Kier alpha value is -2.99. The van der Waals surface area contributed by atoms with E-state index in [4.69, 9.17) is 9.47 Å². The summed E-state index contributed by atoms with van der Waals surface area (Å²) in [6.07, 6.45) is 0. The monoisotopic (exact) mass is 397 g/mol. The normalized spacial score (nSPS) is 11.1. The van der Waals surface area contributed by atoms with Crippen LogP contribution in [-0.2, 0) is 16.6 Å². The van der Waals surface area contributed by atoms with Crippen LogP contribution in [0, 0.1) is 6.92 Å². The standard InChI is InChI=1S/C22H23NO4S/c1-17-6-4-5-7-22(17)28(24,25)23(19-10-14-21(27-3)15-11-19)16-18-8-12-20(26-2)13-9-18/h4-15H,16H2,1-3H3. The van der Waals surface area contributed by atoms with Crippen LogP contribution in [0.1, 0.15) is 11.1 Å². The molecule has 0 bridgehead atoms. The van der Waals surface area contributed by atoms with Crippen LogP contribution < -0.4 is 13.8 Å². The molecule has 0 aromatic heterocycles. The van der Waals surface area contributed by atoms with Crippen LogP contribution in [0.25, 0.3) is 0 Å². The van der Waals surface area contributed by atoms with E-state index in [9.17, 15) is 8.42 Å². The number of aryl methyl sites for hydroxylation is 1. The lowest BCUT2D eigenvalue weighted by Crippen LogP contribution is -2.31. The molecule has 0 aliphatic rings. The minimum atomic E-state index is -3.76. The predicted molar refractivity (Wildman–Crippen MR) is 111 cm³/mol. The highest BCUT2D eigenvalue weighted by atomic mass is 32.2. The first-order chi connectivity index (χ1) is 13.5. The largest absolute Gasteiger partial charge is 0.497 e. The first kappa shape index (κ1) is 19.8. The number of hydrogen-bond acceptors (Lipinski definition) is 4. The molecule has 0 saturated heterocycles. The maximum absolute atomic E-state index is 13.5. The Morgan fingerprint density at radius 2 is 1.32 bits per heavy atom. The van der Waals surface area contributed by atoms with E-state index in [2.05, 4.69) is 0 Å². The maximum Gasteiger partial charge on any atom is 0.264 e. The Morgan fingerprint density at radius 3 is 1.86 bits per heavy atom. The molecule has 146 valence electrons. The quantitative estimate of drug-likeness (QED) is 0.593. The van der Waals surface area contributed by atoms with Gasteiger partial charge in [0.25, 0.3) is 10.0 Å². The van der Waals surface area contributed by atoms with Gasteiger partial charge >= 0.3 is 0 Å². The Bertz CT molecular complexity index is 1030. The second-order valence-electron chi connectivity index (χ2n) is 6.32. The maximum atomic E-state index is 13.5. The van der Waals surface area contributed by atoms with Gasteiger partial charge in [0, 0.05) is 0 Å². The van der Waals surface area contributed by atoms with Crippen LogP contribution >= 0.6 is 0 Å². The smallest absolute Gasteiger partial charge is 0.264 e. The number of benzene rings is 3. The molecule has 6 heteroatoms. The molecule has 0 fully saturated rings. The number of rotatable bonds is 7. The van der Waals surface area contributed by atoms with E-state index >= 15 is 0 Å². The summed E-state index contributed by atoms with van der Waals surface area (Å²) in [4.78, 5) is 0.291. The van der Waals surface area contributed by atoms with Gasteiger partial charge in [-0.2, -0.15) is 0 Å². The van der Waals surface area contributed by atoms with E-state index in [1.165, 1.54) is 4.31 Å². The van der Waals surface area contributed by atoms with E-state index in [1.54, 1.807) is 63.6 Å². The zero-order valence-corrected chi connectivity index (χ0v) is 16.9. The van der Waals surface area contributed by atoms with Gasteiger partial charge in [-0.1, -0.05) is 30.3 Å². The van der Waals surface area contributed by atoms with Gasteiger partial charge in [0.2, 0.25) is 0 Å². The minimum absolute atomic E-state index is 0.201. The molecule has 0 saturated carbocycles. The summed E-state index contributed by atoms with van der Waals surface area (Å²) in [5.41, 5.74) is 2.13. The van der Waals surface area contributed by atoms with Gasteiger partial charge in [0.15, 0.2) is 0 Å². The molecule has 0 heterocycles. The third kappa shape index (κ3) is 4.12. The van der Waals surface area contributed by atoms with Gasteiger partial charge in [-0.05, 0) is 60.5 Å². The minimum Gasteiger partial charge on any atom is -0.497 e. The number of ether oxygens (including phenoxy) is 2. The second-order valence-corrected chi connectivity index (χ2v) is 8.15. The number of anilines is 1. The average Bonchev–Trinajstić information content (AvgIpc) is 2.72. The summed E-state index contributed by atoms with van der Waals surface area (Å²) in [5.74, 6) is 1.39. The second kappa shape index (κ2) is 8.35. The fourth-order valence-electron chi connectivity index (χ4n) is 2.92. The predicted octanol–water partition coefficient (Wildman–Crippen LogP) is 4.41. The third-order valence-electron chi connectivity index (χ3n) is 4.51. The van der Waals surface area contributed by atoms with Crippen LogP contribution in [0.3, 0.4) is 0 Å². The highest BCUT2D eigenvalue weighted by Crippen LogP contribution is 2.29. The highest BCUT2D eigenvalue weighted by molar-refractivity contribution is 7.92. The molecule has 28 heavy (non-hydrogen) atoms. The molecule has 0 unspecified atom stereocenters. The van der Waals surface area contributed by atoms with Crippen molar-refractivity contribution in [3.05, 3.63) is 83.9 Å². The van der Waals surface area contributed by atoms with E-state index in [1.807, 2.05) is 30.3 Å². The summed E-state index contributed by atoms with van der Waals surface area (Å²) >= 11 is 0. The number of nitrogens with zero attached hydrogens (tertiary/aromatic N) is 1. The van der Waals surface area contributed by atoms with Crippen molar-refractivity contribution in [3.8, 4) is 11.5 Å². The zero-order chi connectivity index (χ0) is 20.1.